The number of para-hydroxylation sites is 1. The molecular formula is C17H17N5O2. The van der Waals surface area contributed by atoms with Crippen molar-refractivity contribution in [2.45, 2.75) is 13.8 Å². The minimum Gasteiger partial charge on any atom is -0.360 e. The number of anilines is 3. The third-order valence-corrected chi connectivity index (χ3v) is 3.37. The molecule has 0 aliphatic heterocycles. The van der Waals surface area contributed by atoms with Crippen molar-refractivity contribution in [3.63, 3.8) is 0 Å². The molecule has 0 unspecified atom stereocenters. The number of aromatic nitrogens is 3. The van der Waals surface area contributed by atoms with Gasteiger partial charge in [-0.05, 0) is 32.0 Å². The smallest absolute Gasteiger partial charge is 0.275 e. The Hall–Kier alpha value is -3.22. The van der Waals surface area contributed by atoms with E-state index in [1.807, 2.05) is 42.2 Å². The van der Waals surface area contributed by atoms with Crippen molar-refractivity contribution in [1.29, 1.82) is 0 Å². The molecular weight excluding hydrogens is 306 g/mol. The number of carbonyl (C=O) groups excluding carboxylic acids is 1. The van der Waals surface area contributed by atoms with Crippen LogP contribution in [0.3, 0.4) is 0 Å². The van der Waals surface area contributed by atoms with Crippen molar-refractivity contribution in [3.05, 3.63) is 60.1 Å². The first-order valence-electron chi connectivity index (χ1n) is 7.57. The molecule has 24 heavy (non-hydrogen) atoms. The quantitative estimate of drug-likeness (QED) is 0.776. The van der Waals surface area contributed by atoms with Gasteiger partial charge >= 0.3 is 0 Å². The van der Waals surface area contributed by atoms with Crippen molar-refractivity contribution >= 4 is 23.4 Å². The molecule has 0 bridgehead atoms. The summed E-state index contributed by atoms with van der Waals surface area (Å²) >= 11 is 0. The number of nitrogens with one attached hydrogen (secondary N) is 1. The molecule has 0 saturated heterocycles. The van der Waals surface area contributed by atoms with Crippen molar-refractivity contribution < 1.29 is 9.32 Å². The number of hydrogen-bond acceptors (Lipinski definition) is 6. The van der Waals surface area contributed by atoms with Gasteiger partial charge in [0.15, 0.2) is 5.82 Å². The first-order chi connectivity index (χ1) is 11.7. The predicted molar refractivity (Wildman–Crippen MR) is 90.3 cm³/mol. The summed E-state index contributed by atoms with van der Waals surface area (Å²) in [6.45, 7) is 4.43. The average Bonchev–Trinajstić information content (AvgIpc) is 3.02. The van der Waals surface area contributed by atoms with Crippen molar-refractivity contribution in [2.75, 3.05) is 16.8 Å². The molecule has 0 atom stereocenters. The Morgan fingerprint density at radius 3 is 2.71 bits per heavy atom. The van der Waals surface area contributed by atoms with Gasteiger partial charge in [0, 0.05) is 24.5 Å². The van der Waals surface area contributed by atoms with Crippen molar-refractivity contribution in [2.24, 2.45) is 0 Å². The largest absolute Gasteiger partial charge is 0.360 e. The zero-order valence-electron chi connectivity index (χ0n) is 13.4. The van der Waals surface area contributed by atoms with Crippen LogP contribution in [-0.4, -0.2) is 27.6 Å². The summed E-state index contributed by atoms with van der Waals surface area (Å²) in [5.74, 6) is 1.08. The van der Waals surface area contributed by atoms with E-state index in [0.29, 0.717) is 24.1 Å². The molecule has 7 heteroatoms. The molecule has 1 N–H and O–H groups in total. The number of benzene rings is 1. The normalized spacial score (nSPS) is 10.4. The highest BCUT2D eigenvalue weighted by molar-refractivity contribution is 6.02. The summed E-state index contributed by atoms with van der Waals surface area (Å²) in [5.41, 5.74) is 1.22. The highest BCUT2D eigenvalue weighted by Gasteiger charge is 2.15. The zero-order valence-corrected chi connectivity index (χ0v) is 13.4. The lowest BCUT2D eigenvalue weighted by Gasteiger charge is -2.20. The second-order valence-electron chi connectivity index (χ2n) is 5.10. The molecule has 7 nitrogen and oxygen atoms in total. The molecule has 122 valence electrons. The maximum Gasteiger partial charge on any atom is 0.275 e. The molecule has 3 aromatic rings. The van der Waals surface area contributed by atoms with E-state index < -0.39 is 0 Å². The van der Waals surface area contributed by atoms with E-state index in [1.54, 1.807) is 25.3 Å². The maximum absolute atomic E-state index is 12.3. The van der Waals surface area contributed by atoms with Crippen LogP contribution in [0, 0.1) is 6.92 Å². The lowest BCUT2D eigenvalue weighted by molar-refractivity contribution is 0.102. The SMILES string of the molecule is CCN(c1ccccc1)c1nccc(C(=O)Nc2cc(C)on2)n1. The molecule has 0 aliphatic carbocycles. The number of nitrogens with zero attached hydrogens (tertiary/aromatic N) is 4. The minimum atomic E-state index is -0.365. The number of amides is 1. The van der Waals surface area contributed by atoms with E-state index in [1.165, 1.54) is 0 Å². The van der Waals surface area contributed by atoms with Gasteiger partial charge in [0.25, 0.3) is 5.91 Å². The highest BCUT2D eigenvalue weighted by atomic mass is 16.5. The van der Waals surface area contributed by atoms with E-state index in [9.17, 15) is 4.79 Å². The molecule has 2 heterocycles. The zero-order chi connectivity index (χ0) is 16.9. The third kappa shape index (κ3) is 3.40. The Morgan fingerprint density at radius 1 is 1.25 bits per heavy atom. The Kier molecular flexibility index (Phi) is 4.51. The van der Waals surface area contributed by atoms with Gasteiger partial charge < -0.3 is 14.7 Å². The number of hydrogen-bond donors (Lipinski definition) is 1. The van der Waals surface area contributed by atoms with Gasteiger partial charge in [0.1, 0.15) is 11.5 Å². The van der Waals surface area contributed by atoms with E-state index in [2.05, 4.69) is 20.4 Å². The van der Waals surface area contributed by atoms with Crippen LogP contribution in [0.25, 0.3) is 0 Å². The number of aryl methyl sites for hydroxylation is 1. The first kappa shape index (κ1) is 15.7. The molecule has 0 saturated carbocycles. The summed E-state index contributed by atoms with van der Waals surface area (Å²) in [7, 11) is 0. The van der Waals surface area contributed by atoms with E-state index >= 15 is 0 Å². The fourth-order valence-corrected chi connectivity index (χ4v) is 2.26. The van der Waals surface area contributed by atoms with Gasteiger partial charge in [-0.25, -0.2) is 9.97 Å². The van der Waals surface area contributed by atoms with Crippen LogP contribution in [0.15, 0.2) is 53.2 Å². The average molecular weight is 323 g/mol. The standard InChI is InChI=1S/C17H17N5O2/c1-3-22(13-7-5-4-6-8-13)17-18-10-9-14(19-17)16(23)20-15-11-12(2)24-21-15/h4-11H,3H2,1-2H3,(H,20,21,23). The molecule has 0 spiro atoms. The van der Waals surface area contributed by atoms with Crippen molar-refractivity contribution in [1.82, 2.24) is 15.1 Å². The summed E-state index contributed by atoms with van der Waals surface area (Å²) in [6, 6.07) is 13.0. The van der Waals surface area contributed by atoms with Crippen LogP contribution in [0.5, 0.6) is 0 Å². The topological polar surface area (TPSA) is 84.2 Å². The lowest BCUT2D eigenvalue weighted by atomic mass is 10.3. The summed E-state index contributed by atoms with van der Waals surface area (Å²) < 4.78 is 4.93. The fourth-order valence-electron chi connectivity index (χ4n) is 2.26. The Bertz CT molecular complexity index is 832. The molecule has 0 radical (unpaired) electrons. The predicted octanol–water partition coefficient (Wildman–Crippen LogP) is 3.18. The molecule has 0 fully saturated rings. The van der Waals surface area contributed by atoms with Gasteiger partial charge in [0.05, 0.1) is 0 Å². The molecule has 1 amide bonds. The Labute approximate surface area is 139 Å². The van der Waals surface area contributed by atoms with Crippen LogP contribution in [0.4, 0.5) is 17.5 Å². The van der Waals surface area contributed by atoms with E-state index in [-0.39, 0.29) is 11.6 Å². The second-order valence-corrected chi connectivity index (χ2v) is 5.10. The highest BCUT2D eigenvalue weighted by Crippen LogP contribution is 2.21. The van der Waals surface area contributed by atoms with Gasteiger partial charge in [-0.1, -0.05) is 23.4 Å². The lowest BCUT2D eigenvalue weighted by Crippen LogP contribution is -2.21. The second kappa shape index (κ2) is 6.91. The van der Waals surface area contributed by atoms with Crippen LogP contribution in [0.1, 0.15) is 23.2 Å². The third-order valence-electron chi connectivity index (χ3n) is 3.37. The molecule has 1 aromatic carbocycles. The summed E-state index contributed by atoms with van der Waals surface area (Å²) in [4.78, 5) is 22.9. The monoisotopic (exact) mass is 323 g/mol. The van der Waals surface area contributed by atoms with Crippen LogP contribution in [-0.2, 0) is 0 Å². The molecule has 3 rings (SSSR count). The van der Waals surface area contributed by atoms with E-state index in [0.717, 1.165) is 5.69 Å². The summed E-state index contributed by atoms with van der Waals surface area (Å²) in [5, 5.41) is 6.39. The number of carbonyl (C=O) groups is 1. The Balaban J connectivity index is 1.84. The maximum atomic E-state index is 12.3. The summed E-state index contributed by atoms with van der Waals surface area (Å²) in [6.07, 6.45) is 1.57. The molecule has 0 aliphatic rings. The van der Waals surface area contributed by atoms with Gasteiger partial charge in [-0.15, -0.1) is 0 Å². The van der Waals surface area contributed by atoms with Crippen LogP contribution >= 0.6 is 0 Å². The van der Waals surface area contributed by atoms with E-state index in [4.69, 9.17) is 4.52 Å². The van der Waals surface area contributed by atoms with Crippen molar-refractivity contribution in [3.8, 4) is 0 Å². The van der Waals surface area contributed by atoms with Crippen LogP contribution < -0.4 is 10.2 Å². The van der Waals surface area contributed by atoms with Gasteiger partial charge in [0.2, 0.25) is 5.95 Å². The number of rotatable bonds is 5. The van der Waals surface area contributed by atoms with Gasteiger partial charge in [-0.3, -0.25) is 4.79 Å². The van der Waals surface area contributed by atoms with Gasteiger partial charge in [-0.2, -0.15) is 0 Å². The molecule has 2 aromatic heterocycles. The Morgan fingerprint density at radius 2 is 2.04 bits per heavy atom. The fraction of sp³-hybridized carbons (Fsp3) is 0.176. The first-order valence-corrected chi connectivity index (χ1v) is 7.57. The van der Waals surface area contributed by atoms with Crippen LogP contribution in [0.2, 0.25) is 0 Å². The minimum absolute atomic E-state index is 0.259.